The van der Waals surface area contributed by atoms with Crippen molar-refractivity contribution in [3.05, 3.63) is 35.9 Å². The molecule has 0 aliphatic rings. The first-order valence-corrected chi connectivity index (χ1v) is 5.38. The van der Waals surface area contributed by atoms with E-state index in [2.05, 4.69) is 5.32 Å². The molecule has 4 N–H and O–H groups in total. The molecule has 0 unspecified atom stereocenters. The van der Waals surface area contributed by atoms with Crippen molar-refractivity contribution in [2.24, 2.45) is 5.73 Å². The first-order chi connectivity index (χ1) is 8.09. The number of carboxylic acid groups (broad SMARTS) is 1. The highest BCUT2D eigenvalue weighted by Gasteiger charge is 2.14. The molecule has 1 amide bonds. The summed E-state index contributed by atoms with van der Waals surface area (Å²) in [4.78, 5) is 21.8. The fourth-order valence-electron chi connectivity index (χ4n) is 1.33. The van der Waals surface area contributed by atoms with Crippen LogP contribution in [0.25, 0.3) is 0 Å². The average molecular weight is 236 g/mol. The van der Waals surface area contributed by atoms with Gasteiger partial charge >= 0.3 is 5.97 Å². The van der Waals surface area contributed by atoms with E-state index in [0.717, 1.165) is 5.56 Å². The maximum Gasteiger partial charge on any atom is 0.303 e. The van der Waals surface area contributed by atoms with E-state index in [-0.39, 0.29) is 18.7 Å². The lowest BCUT2D eigenvalue weighted by atomic mass is 10.1. The molecule has 92 valence electrons. The minimum atomic E-state index is -0.948. The van der Waals surface area contributed by atoms with E-state index in [1.54, 1.807) is 0 Å². The van der Waals surface area contributed by atoms with Gasteiger partial charge in [0.2, 0.25) is 5.91 Å². The van der Waals surface area contributed by atoms with Gasteiger partial charge in [-0.1, -0.05) is 30.3 Å². The second-order valence-corrected chi connectivity index (χ2v) is 3.74. The van der Waals surface area contributed by atoms with Crippen LogP contribution in [0.4, 0.5) is 0 Å². The predicted molar refractivity (Wildman–Crippen MR) is 63.1 cm³/mol. The van der Waals surface area contributed by atoms with E-state index in [9.17, 15) is 9.59 Å². The lowest BCUT2D eigenvalue weighted by Crippen LogP contribution is -2.40. The Morgan fingerprint density at radius 1 is 1.29 bits per heavy atom. The molecule has 0 spiro atoms. The molecule has 1 atom stereocenters. The number of nitrogens with two attached hydrogens (primary N) is 1. The first-order valence-electron chi connectivity index (χ1n) is 5.38. The van der Waals surface area contributed by atoms with Gasteiger partial charge < -0.3 is 16.2 Å². The molecule has 17 heavy (non-hydrogen) atoms. The van der Waals surface area contributed by atoms with Gasteiger partial charge in [-0.05, 0) is 12.0 Å². The van der Waals surface area contributed by atoms with Crippen LogP contribution in [0.15, 0.2) is 30.3 Å². The summed E-state index contributed by atoms with van der Waals surface area (Å²) in [6.45, 7) is 0.403. The summed E-state index contributed by atoms with van der Waals surface area (Å²) < 4.78 is 0. The zero-order valence-electron chi connectivity index (χ0n) is 9.43. The SMILES string of the molecule is N[C@H](CCC(=O)O)C(=O)NCc1ccccc1. The van der Waals surface area contributed by atoms with Gasteiger partial charge in [0.25, 0.3) is 0 Å². The van der Waals surface area contributed by atoms with Crippen LogP contribution < -0.4 is 11.1 Å². The third kappa shape index (κ3) is 5.12. The molecule has 0 heterocycles. The number of benzene rings is 1. The minimum absolute atomic E-state index is 0.0973. The largest absolute Gasteiger partial charge is 0.481 e. The summed E-state index contributed by atoms with van der Waals surface area (Å²) in [5.74, 6) is -1.27. The number of hydrogen-bond acceptors (Lipinski definition) is 3. The van der Waals surface area contributed by atoms with Crippen molar-refractivity contribution in [3.63, 3.8) is 0 Å². The quantitative estimate of drug-likeness (QED) is 0.670. The van der Waals surface area contributed by atoms with E-state index in [4.69, 9.17) is 10.8 Å². The third-order valence-electron chi connectivity index (χ3n) is 2.32. The summed E-state index contributed by atoms with van der Waals surface area (Å²) in [5, 5.41) is 11.1. The fourth-order valence-corrected chi connectivity index (χ4v) is 1.33. The monoisotopic (exact) mass is 236 g/mol. The van der Waals surface area contributed by atoms with Gasteiger partial charge in [0.05, 0.1) is 6.04 Å². The summed E-state index contributed by atoms with van der Waals surface area (Å²) in [7, 11) is 0. The fraction of sp³-hybridized carbons (Fsp3) is 0.333. The number of nitrogens with one attached hydrogen (secondary N) is 1. The molecule has 0 radical (unpaired) electrons. The Labute approximate surface area is 99.6 Å². The predicted octanol–water partition coefficient (Wildman–Crippen LogP) is 0.495. The zero-order valence-corrected chi connectivity index (χ0v) is 9.43. The third-order valence-corrected chi connectivity index (χ3v) is 2.32. The van der Waals surface area contributed by atoms with Crippen molar-refractivity contribution >= 4 is 11.9 Å². The Morgan fingerprint density at radius 2 is 1.94 bits per heavy atom. The topological polar surface area (TPSA) is 92.4 Å². The number of hydrogen-bond donors (Lipinski definition) is 3. The van der Waals surface area contributed by atoms with Gasteiger partial charge in [0, 0.05) is 13.0 Å². The standard InChI is InChI=1S/C12H16N2O3/c13-10(6-7-11(15)16)12(17)14-8-9-4-2-1-3-5-9/h1-5,10H,6-8,13H2,(H,14,17)(H,15,16)/t10-/m1/s1. The molecule has 0 fully saturated rings. The Hall–Kier alpha value is -1.88. The summed E-state index contributed by atoms with van der Waals surface area (Å²) in [6, 6.07) is 8.67. The van der Waals surface area contributed by atoms with E-state index in [0.29, 0.717) is 6.54 Å². The highest BCUT2D eigenvalue weighted by Crippen LogP contribution is 1.99. The minimum Gasteiger partial charge on any atom is -0.481 e. The van der Waals surface area contributed by atoms with Gasteiger partial charge in [-0.2, -0.15) is 0 Å². The second-order valence-electron chi connectivity index (χ2n) is 3.74. The summed E-state index contributed by atoms with van der Waals surface area (Å²) in [5.41, 5.74) is 6.53. The number of carboxylic acids is 1. The van der Waals surface area contributed by atoms with Crippen LogP contribution in [0, 0.1) is 0 Å². The lowest BCUT2D eigenvalue weighted by molar-refractivity contribution is -0.137. The van der Waals surface area contributed by atoms with Crippen LogP contribution in [0.5, 0.6) is 0 Å². The molecule has 1 rings (SSSR count). The number of amides is 1. The average Bonchev–Trinajstić information content (AvgIpc) is 2.34. The molecular formula is C12H16N2O3. The van der Waals surface area contributed by atoms with Gasteiger partial charge in [0.15, 0.2) is 0 Å². The molecule has 0 saturated carbocycles. The van der Waals surface area contributed by atoms with Gasteiger partial charge in [-0.15, -0.1) is 0 Å². The Balaban J connectivity index is 2.32. The molecule has 0 aromatic heterocycles. The van der Waals surface area contributed by atoms with E-state index in [1.165, 1.54) is 0 Å². The molecule has 0 bridgehead atoms. The van der Waals surface area contributed by atoms with Crippen LogP contribution in [0.2, 0.25) is 0 Å². The van der Waals surface area contributed by atoms with Crippen LogP contribution in [-0.2, 0) is 16.1 Å². The molecule has 0 saturated heterocycles. The molecule has 5 nitrogen and oxygen atoms in total. The first kappa shape index (κ1) is 13.2. The molecule has 1 aromatic rings. The number of carbonyl (C=O) groups excluding carboxylic acids is 1. The maximum absolute atomic E-state index is 11.5. The number of rotatable bonds is 6. The molecule has 5 heteroatoms. The van der Waals surface area contributed by atoms with Crippen LogP contribution in [-0.4, -0.2) is 23.0 Å². The van der Waals surface area contributed by atoms with Gasteiger partial charge in [-0.25, -0.2) is 0 Å². The van der Waals surface area contributed by atoms with Crippen LogP contribution in [0.1, 0.15) is 18.4 Å². The Kier molecular flexibility index (Phi) is 5.16. The number of aliphatic carboxylic acids is 1. The van der Waals surface area contributed by atoms with Crippen molar-refractivity contribution in [2.45, 2.75) is 25.4 Å². The van der Waals surface area contributed by atoms with E-state index in [1.807, 2.05) is 30.3 Å². The van der Waals surface area contributed by atoms with Crippen molar-refractivity contribution in [3.8, 4) is 0 Å². The Morgan fingerprint density at radius 3 is 2.53 bits per heavy atom. The van der Waals surface area contributed by atoms with Crippen LogP contribution in [0.3, 0.4) is 0 Å². The molecule has 0 aliphatic heterocycles. The highest BCUT2D eigenvalue weighted by atomic mass is 16.4. The van der Waals surface area contributed by atoms with E-state index >= 15 is 0 Å². The Bertz CT molecular complexity index is 379. The van der Waals surface area contributed by atoms with Crippen LogP contribution >= 0.6 is 0 Å². The van der Waals surface area contributed by atoms with Gasteiger partial charge in [-0.3, -0.25) is 9.59 Å². The highest BCUT2D eigenvalue weighted by molar-refractivity contribution is 5.82. The molecule has 0 aliphatic carbocycles. The van der Waals surface area contributed by atoms with Crippen molar-refractivity contribution in [1.82, 2.24) is 5.32 Å². The smallest absolute Gasteiger partial charge is 0.303 e. The zero-order chi connectivity index (χ0) is 12.7. The lowest BCUT2D eigenvalue weighted by Gasteiger charge is -2.11. The summed E-state index contributed by atoms with van der Waals surface area (Å²) in [6.07, 6.45) is 0.0515. The maximum atomic E-state index is 11.5. The normalized spacial score (nSPS) is 11.8. The van der Waals surface area contributed by atoms with E-state index < -0.39 is 12.0 Å². The van der Waals surface area contributed by atoms with Gasteiger partial charge in [0.1, 0.15) is 0 Å². The molecular weight excluding hydrogens is 220 g/mol. The van der Waals surface area contributed by atoms with Crippen molar-refractivity contribution in [1.29, 1.82) is 0 Å². The number of carbonyl (C=O) groups is 2. The second kappa shape index (κ2) is 6.65. The van der Waals surface area contributed by atoms with Crippen molar-refractivity contribution < 1.29 is 14.7 Å². The van der Waals surface area contributed by atoms with Crippen molar-refractivity contribution in [2.75, 3.05) is 0 Å². The molecule has 1 aromatic carbocycles. The summed E-state index contributed by atoms with van der Waals surface area (Å²) >= 11 is 0.